The van der Waals surface area contributed by atoms with E-state index in [4.69, 9.17) is 4.74 Å². The quantitative estimate of drug-likeness (QED) is 0.885. The number of aromatic nitrogens is 2. The summed E-state index contributed by atoms with van der Waals surface area (Å²) in [5, 5.41) is 3.98. The molecule has 0 aliphatic carbocycles. The summed E-state index contributed by atoms with van der Waals surface area (Å²) in [6, 6.07) is 7.74. The van der Waals surface area contributed by atoms with Crippen LogP contribution in [0.4, 0.5) is 5.13 Å². The summed E-state index contributed by atoms with van der Waals surface area (Å²) in [6.45, 7) is 2.88. The fourth-order valence-electron chi connectivity index (χ4n) is 1.39. The maximum atomic E-state index is 5.27. The van der Waals surface area contributed by atoms with E-state index in [9.17, 15) is 0 Å². The first-order chi connectivity index (χ1) is 7.85. The SMILES string of the molecule is CCNc1nc(-c2ccccc2OC)ns1. The third-order valence-corrected chi connectivity index (χ3v) is 2.77. The molecule has 0 bridgehead atoms. The Morgan fingerprint density at radius 1 is 1.38 bits per heavy atom. The van der Waals surface area contributed by atoms with E-state index in [1.165, 1.54) is 11.5 Å². The van der Waals surface area contributed by atoms with Gasteiger partial charge < -0.3 is 10.1 Å². The van der Waals surface area contributed by atoms with Crippen molar-refractivity contribution >= 4 is 16.7 Å². The summed E-state index contributed by atoms with van der Waals surface area (Å²) in [5.41, 5.74) is 0.922. The molecule has 1 aromatic heterocycles. The number of nitrogens with one attached hydrogen (secondary N) is 1. The van der Waals surface area contributed by atoms with Gasteiger partial charge in [0.05, 0.1) is 12.7 Å². The van der Waals surface area contributed by atoms with Crippen molar-refractivity contribution in [3.05, 3.63) is 24.3 Å². The summed E-state index contributed by atoms with van der Waals surface area (Å²) in [7, 11) is 1.65. The van der Waals surface area contributed by atoms with Crippen molar-refractivity contribution in [3.8, 4) is 17.1 Å². The fraction of sp³-hybridized carbons (Fsp3) is 0.273. The van der Waals surface area contributed by atoms with Crippen LogP contribution < -0.4 is 10.1 Å². The summed E-state index contributed by atoms with van der Waals surface area (Å²) in [6.07, 6.45) is 0. The van der Waals surface area contributed by atoms with Gasteiger partial charge in [-0.25, -0.2) is 0 Å². The number of benzene rings is 1. The Hall–Kier alpha value is -1.62. The molecule has 2 aromatic rings. The van der Waals surface area contributed by atoms with Gasteiger partial charge >= 0.3 is 0 Å². The summed E-state index contributed by atoms with van der Waals surface area (Å²) < 4.78 is 9.57. The van der Waals surface area contributed by atoms with Gasteiger partial charge in [-0.1, -0.05) is 12.1 Å². The van der Waals surface area contributed by atoms with Crippen LogP contribution in [0.2, 0.25) is 0 Å². The van der Waals surface area contributed by atoms with Crippen molar-refractivity contribution in [2.24, 2.45) is 0 Å². The predicted octanol–water partition coefficient (Wildman–Crippen LogP) is 2.65. The minimum atomic E-state index is 0.707. The lowest BCUT2D eigenvalue weighted by molar-refractivity contribution is 0.416. The van der Waals surface area contributed by atoms with Gasteiger partial charge in [-0.3, -0.25) is 0 Å². The zero-order valence-electron chi connectivity index (χ0n) is 9.23. The van der Waals surface area contributed by atoms with Crippen LogP contribution in [0, 0.1) is 0 Å². The average molecular weight is 235 g/mol. The molecule has 1 heterocycles. The highest BCUT2D eigenvalue weighted by Gasteiger charge is 2.10. The van der Waals surface area contributed by atoms with Gasteiger partial charge in [0.1, 0.15) is 5.75 Å². The number of para-hydroxylation sites is 1. The van der Waals surface area contributed by atoms with Crippen LogP contribution in [0.5, 0.6) is 5.75 Å². The van der Waals surface area contributed by atoms with E-state index < -0.39 is 0 Å². The maximum Gasteiger partial charge on any atom is 0.202 e. The second-order valence-corrected chi connectivity index (χ2v) is 3.91. The molecule has 1 N–H and O–H groups in total. The summed E-state index contributed by atoms with van der Waals surface area (Å²) >= 11 is 1.36. The third-order valence-electron chi connectivity index (χ3n) is 2.10. The van der Waals surface area contributed by atoms with Crippen molar-refractivity contribution in [2.75, 3.05) is 19.0 Å². The normalized spacial score (nSPS) is 10.1. The second kappa shape index (κ2) is 4.94. The molecular weight excluding hydrogens is 222 g/mol. The standard InChI is InChI=1S/C11H13N3OS/c1-3-12-11-13-10(14-16-11)8-6-4-5-7-9(8)15-2/h4-7H,3H2,1-2H3,(H,12,13,14). The molecule has 0 radical (unpaired) electrons. The molecule has 0 unspecified atom stereocenters. The van der Waals surface area contributed by atoms with Crippen LogP contribution in [-0.2, 0) is 0 Å². The van der Waals surface area contributed by atoms with Crippen molar-refractivity contribution in [2.45, 2.75) is 6.92 Å². The van der Waals surface area contributed by atoms with Gasteiger partial charge in [-0.2, -0.15) is 9.36 Å². The Labute approximate surface area is 98.5 Å². The molecule has 0 amide bonds. The zero-order chi connectivity index (χ0) is 11.4. The van der Waals surface area contributed by atoms with E-state index in [-0.39, 0.29) is 0 Å². The van der Waals surface area contributed by atoms with E-state index >= 15 is 0 Å². The topological polar surface area (TPSA) is 47.0 Å². The highest BCUT2D eigenvalue weighted by molar-refractivity contribution is 7.09. The molecule has 1 aromatic carbocycles. The van der Waals surface area contributed by atoms with Crippen molar-refractivity contribution < 1.29 is 4.74 Å². The maximum absolute atomic E-state index is 5.27. The molecule has 0 saturated carbocycles. The minimum absolute atomic E-state index is 0.707. The summed E-state index contributed by atoms with van der Waals surface area (Å²) in [5.74, 6) is 1.50. The van der Waals surface area contributed by atoms with E-state index in [1.807, 2.05) is 31.2 Å². The van der Waals surface area contributed by atoms with E-state index in [2.05, 4.69) is 14.7 Å². The van der Waals surface area contributed by atoms with Crippen LogP contribution in [0.15, 0.2) is 24.3 Å². The number of methoxy groups -OCH3 is 1. The molecule has 4 nitrogen and oxygen atoms in total. The average Bonchev–Trinajstić information content (AvgIpc) is 2.78. The third kappa shape index (κ3) is 2.14. The minimum Gasteiger partial charge on any atom is -0.496 e. The molecule has 5 heteroatoms. The van der Waals surface area contributed by atoms with Crippen molar-refractivity contribution in [1.29, 1.82) is 0 Å². The highest BCUT2D eigenvalue weighted by atomic mass is 32.1. The number of anilines is 1. The van der Waals surface area contributed by atoms with Gasteiger partial charge in [-0.15, -0.1) is 0 Å². The zero-order valence-corrected chi connectivity index (χ0v) is 10.0. The smallest absolute Gasteiger partial charge is 0.202 e. The molecule has 84 valence electrons. The lowest BCUT2D eigenvalue weighted by Gasteiger charge is -2.03. The van der Waals surface area contributed by atoms with Crippen LogP contribution in [0.1, 0.15) is 6.92 Å². The van der Waals surface area contributed by atoms with Gasteiger partial charge in [-0.05, 0) is 19.1 Å². The molecule has 2 rings (SSSR count). The number of hydrogen-bond donors (Lipinski definition) is 1. The highest BCUT2D eigenvalue weighted by Crippen LogP contribution is 2.29. The van der Waals surface area contributed by atoms with Gasteiger partial charge in [0.25, 0.3) is 0 Å². The first-order valence-corrected chi connectivity index (χ1v) is 5.83. The van der Waals surface area contributed by atoms with Crippen molar-refractivity contribution in [3.63, 3.8) is 0 Å². The molecule has 0 spiro atoms. The molecule has 16 heavy (non-hydrogen) atoms. The molecule has 0 fully saturated rings. The van der Waals surface area contributed by atoms with Gasteiger partial charge in [0, 0.05) is 18.1 Å². The predicted molar refractivity (Wildman–Crippen MR) is 66.1 cm³/mol. The monoisotopic (exact) mass is 235 g/mol. The first-order valence-electron chi connectivity index (χ1n) is 5.06. The number of nitrogens with zero attached hydrogens (tertiary/aromatic N) is 2. The Morgan fingerprint density at radius 3 is 2.94 bits per heavy atom. The Morgan fingerprint density at radius 2 is 2.19 bits per heavy atom. The van der Waals surface area contributed by atoms with Gasteiger partial charge in [0.2, 0.25) is 5.13 Å². The molecule has 0 aliphatic heterocycles. The lowest BCUT2D eigenvalue weighted by Crippen LogP contribution is -1.95. The Bertz CT molecular complexity index is 470. The second-order valence-electron chi connectivity index (χ2n) is 3.15. The van der Waals surface area contributed by atoms with Crippen molar-refractivity contribution in [1.82, 2.24) is 9.36 Å². The number of ether oxygens (including phenoxy) is 1. The van der Waals surface area contributed by atoms with E-state index in [1.54, 1.807) is 7.11 Å². The molecular formula is C11H13N3OS. The molecule has 0 saturated heterocycles. The summed E-state index contributed by atoms with van der Waals surface area (Å²) in [4.78, 5) is 4.40. The number of rotatable bonds is 4. The number of hydrogen-bond acceptors (Lipinski definition) is 5. The van der Waals surface area contributed by atoms with E-state index in [0.717, 1.165) is 23.0 Å². The van der Waals surface area contributed by atoms with Crippen LogP contribution in [-0.4, -0.2) is 23.0 Å². The molecule has 0 aliphatic rings. The Kier molecular flexibility index (Phi) is 3.36. The first kappa shape index (κ1) is 10.9. The van der Waals surface area contributed by atoms with Crippen LogP contribution in [0.25, 0.3) is 11.4 Å². The van der Waals surface area contributed by atoms with Gasteiger partial charge in [0.15, 0.2) is 5.82 Å². The Balaban J connectivity index is 2.34. The largest absolute Gasteiger partial charge is 0.496 e. The fourth-order valence-corrected chi connectivity index (χ4v) is 2.03. The molecule has 0 atom stereocenters. The van der Waals surface area contributed by atoms with Crippen LogP contribution >= 0.6 is 11.5 Å². The van der Waals surface area contributed by atoms with Crippen LogP contribution in [0.3, 0.4) is 0 Å². The van der Waals surface area contributed by atoms with E-state index in [0.29, 0.717) is 5.82 Å². The lowest BCUT2D eigenvalue weighted by atomic mass is 10.2.